The normalized spacial score (nSPS) is 12.0. The van der Waals surface area contributed by atoms with Crippen LogP contribution in [-0.4, -0.2) is 24.6 Å². The number of imidazole rings is 1. The molecule has 4 nitrogen and oxygen atoms in total. The van der Waals surface area contributed by atoms with Gasteiger partial charge in [0, 0.05) is 11.8 Å². The summed E-state index contributed by atoms with van der Waals surface area (Å²) in [5, 5.41) is 0.858. The molecule has 7 heteroatoms. The number of benzene rings is 2. The molecule has 0 atom stereocenters. The summed E-state index contributed by atoms with van der Waals surface area (Å²) >= 11 is 11.9. The highest BCUT2D eigenvalue weighted by Gasteiger charge is 2.11. The SMILES string of the molecule is CS(=O)(=O)c1cccc(-c2nc3cc(Cl)c(Cl)cc3[nH]2)c1. The molecule has 0 bridgehead atoms. The number of aromatic nitrogens is 2. The summed E-state index contributed by atoms with van der Waals surface area (Å²) in [6, 6.07) is 9.95. The summed E-state index contributed by atoms with van der Waals surface area (Å²) in [5.74, 6) is 0.564. The van der Waals surface area contributed by atoms with Crippen LogP contribution < -0.4 is 0 Å². The highest BCUT2D eigenvalue weighted by atomic mass is 35.5. The zero-order chi connectivity index (χ0) is 15.2. The van der Waals surface area contributed by atoms with E-state index in [0.29, 0.717) is 26.9 Å². The summed E-state index contributed by atoms with van der Waals surface area (Å²) in [6.45, 7) is 0. The Kier molecular flexibility index (Phi) is 3.43. The van der Waals surface area contributed by atoms with E-state index in [1.165, 1.54) is 6.26 Å². The summed E-state index contributed by atoms with van der Waals surface area (Å²) in [4.78, 5) is 7.77. The monoisotopic (exact) mass is 340 g/mol. The number of fused-ring (bicyclic) bond motifs is 1. The van der Waals surface area contributed by atoms with E-state index < -0.39 is 9.84 Å². The van der Waals surface area contributed by atoms with Gasteiger partial charge in [0.2, 0.25) is 0 Å². The lowest BCUT2D eigenvalue weighted by molar-refractivity contribution is 0.602. The minimum atomic E-state index is -3.26. The van der Waals surface area contributed by atoms with E-state index in [0.717, 1.165) is 5.52 Å². The smallest absolute Gasteiger partial charge is 0.175 e. The van der Waals surface area contributed by atoms with Gasteiger partial charge in [-0.1, -0.05) is 35.3 Å². The maximum absolute atomic E-state index is 11.6. The molecule has 0 spiro atoms. The number of nitrogens with one attached hydrogen (secondary N) is 1. The first-order valence-electron chi connectivity index (χ1n) is 6.00. The molecule has 2 aromatic carbocycles. The fourth-order valence-corrected chi connectivity index (χ4v) is 3.00. The first-order valence-corrected chi connectivity index (χ1v) is 8.64. The van der Waals surface area contributed by atoms with Gasteiger partial charge in [-0.2, -0.15) is 0 Å². The maximum atomic E-state index is 11.6. The minimum absolute atomic E-state index is 0.247. The summed E-state index contributed by atoms with van der Waals surface area (Å²) in [5.41, 5.74) is 2.09. The molecule has 108 valence electrons. The second kappa shape index (κ2) is 5.02. The number of rotatable bonds is 2. The van der Waals surface area contributed by atoms with E-state index in [1.54, 1.807) is 36.4 Å². The number of H-pyrrole nitrogens is 1. The highest BCUT2D eigenvalue weighted by molar-refractivity contribution is 7.90. The number of hydrogen-bond acceptors (Lipinski definition) is 3. The van der Waals surface area contributed by atoms with Crippen molar-refractivity contribution in [2.24, 2.45) is 0 Å². The molecule has 0 saturated carbocycles. The Balaban J connectivity index is 2.17. The molecule has 1 heterocycles. The lowest BCUT2D eigenvalue weighted by atomic mass is 10.2. The second-order valence-electron chi connectivity index (χ2n) is 4.67. The fraction of sp³-hybridized carbons (Fsp3) is 0.0714. The summed E-state index contributed by atoms with van der Waals surface area (Å²) < 4.78 is 23.2. The lowest BCUT2D eigenvalue weighted by Gasteiger charge is -2.00. The molecule has 3 aromatic rings. The molecule has 21 heavy (non-hydrogen) atoms. The molecule has 1 aromatic heterocycles. The van der Waals surface area contributed by atoms with Crippen LogP contribution in [0.25, 0.3) is 22.4 Å². The van der Waals surface area contributed by atoms with Crippen molar-refractivity contribution < 1.29 is 8.42 Å². The predicted molar refractivity (Wildman–Crippen MR) is 84.7 cm³/mol. The molecule has 0 aliphatic heterocycles. The predicted octanol–water partition coefficient (Wildman–Crippen LogP) is 3.94. The van der Waals surface area contributed by atoms with Crippen LogP contribution in [0, 0.1) is 0 Å². The van der Waals surface area contributed by atoms with Crippen LogP contribution in [0.4, 0.5) is 0 Å². The topological polar surface area (TPSA) is 62.8 Å². The number of nitrogens with zero attached hydrogens (tertiary/aromatic N) is 1. The average molecular weight is 341 g/mol. The van der Waals surface area contributed by atoms with Gasteiger partial charge in [0.15, 0.2) is 9.84 Å². The summed E-state index contributed by atoms with van der Waals surface area (Å²) in [6.07, 6.45) is 1.17. The Hall–Kier alpha value is -1.56. The number of sulfone groups is 1. The zero-order valence-corrected chi connectivity index (χ0v) is 13.2. The molecule has 0 aliphatic carbocycles. The highest BCUT2D eigenvalue weighted by Crippen LogP contribution is 2.29. The van der Waals surface area contributed by atoms with Gasteiger partial charge in [0.25, 0.3) is 0 Å². The third-order valence-corrected chi connectivity index (χ3v) is 4.89. The zero-order valence-electron chi connectivity index (χ0n) is 10.9. The van der Waals surface area contributed by atoms with Crippen molar-refractivity contribution in [3.8, 4) is 11.4 Å². The third-order valence-electron chi connectivity index (χ3n) is 3.06. The third kappa shape index (κ3) is 2.77. The van der Waals surface area contributed by atoms with E-state index in [1.807, 2.05) is 0 Å². The number of hydrogen-bond donors (Lipinski definition) is 1. The van der Waals surface area contributed by atoms with Crippen LogP contribution in [0.3, 0.4) is 0 Å². The Labute approximate surface area is 131 Å². The molecule has 0 fully saturated rings. The minimum Gasteiger partial charge on any atom is -0.338 e. The molecule has 0 aliphatic rings. The molecular formula is C14H10Cl2N2O2S. The van der Waals surface area contributed by atoms with Crippen LogP contribution in [0.5, 0.6) is 0 Å². The summed E-state index contributed by atoms with van der Waals surface area (Å²) in [7, 11) is -3.26. The van der Waals surface area contributed by atoms with Crippen molar-refractivity contribution in [3.63, 3.8) is 0 Å². The van der Waals surface area contributed by atoms with Gasteiger partial charge in [-0.3, -0.25) is 0 Å². The lowest BCUT2D eigenvalue weighted by Crippen LogP contribution is -1.97. The van der Waals surface area contributed by atoms with Crippen molar-refractivity contribution in [2.45, 2.75) is 4.90 Å². The molecule has 0 unspecified atom stereocenters. The molecule has 0 saturated heterocycles. The Morgan fingerprint density at radius 3 is 2.52 bits per heavy atom. The van der Waals surface area contributed by atoms with Gasteiger partial charge in [-0.05, 0) is 24.3 Å². The van der Waals surface area contributed by atoms with Crippen LogP contribution in [0.2, 0.25) is 10.0 Å². The van der Waals surface area contributed by atoms with E-state index in [-0.39, 0.29) is 4.90 Å². The van der Waals surface area contributed by atoms with Gasteiger partial charge in [0.1, 0.15) is 5.82 Å². The second-order valence-corrected chi connectivity index (χ2v) is 7.50. The molecule has 0 radical (unpaired) electrons. The van der Waals surface area contributed by atoms with Crippen LogP contribution >= 0.6 is 23.2 Å². The average Bonchev–Trinajstić information content (AvgIpc) is 2.81. The maximum Gasteiger partial charge on any atom is 0.175 e. The molecular weight excluding hydrogens is 331 g/mol. The Morgan fingerprint density at radius 1 is 1.10 bits per heavy atom. The number of halogens is 2. The van der Waals surface area contributed by atoms with Crippen molar-refractivity contribution in [3.05, 3.63) is 46.4 Å². The molecule has 3 rings (SSSR count). The molecule has 1 N–H and O–H groups in total. The first kappa shape index (κ1) is 14.4. The van der Waals surface area contributed by atoms with Gasteiger partial charge < -0.3 is 4.98 Å². The van der Waals surface area contributed by atoms with Crippen molar-refractivity contribution in [1.29, 1.82) is 0 Å². The Bertz CT molecular complexity index is 910. The van der Waals surface area contributed by atoms with E-state index in [2.05, 4.69) is 9.97 Å². The van der Waals surface area contributed by atoms with E-state index in [4.69, 9.17) is 23.2 Å². The van der Waals surface area contributed by atoms with Crippen molar-refractivity contribution in [2.75, 3.05) is 6.26 Å². The standard InChI is InChI=1S/C14H10Cl2N2O2S/c1-21(19,20)9-4-2-3-8(5-9)14-17-12-6-10(15)11(16)7-13(12)18-14/h2-7H,1H3,(H,17,18). The van der Waals surface area contributed by atoms with Gasteiger partial charge in [0.05, 0.1) is 26.0 Å². The Morgan fingerprint density at radius 2 is 1.81 bits per heavy atom. The van der Waals surface area contributed by atoms with Crippen molar-refractivity contribution >= 4 is 44.1 Å². The largest absolute Gasteiger partial charge is 0.338 e. The number of aromatic amines is 1. The van der Waals surface area contributed by atoms with Gasteiger partial charge in [-0.25, -0.2) is 13.4 Å². The van der Waals surface area contributed by atoms with Gasteiger partial charge >= 0.3 is 0 Å². The van der Waals surface area contributed by atoms with E-state index in [9.17, 15) is 8.42 Å². The first-order chi connectivity index (χ1) is 9.84. The van der Waals surface area contributed by atoms with Crippen LogP contribution in [0.15, 0.2) is 41.3 Å². The fourth-order valence-electron chi connectivity index (χ4n) is 2.02. The van der Waals surface area contributed by atoms with Crippen molar-refractivity contribution in [1.82, 2.24) is 9.97 Å². The van der Waals surface area contributed by atoms with Crippen LogP contribution in [0.1, 0.15) is 0 Å². The quantitative estimate of drug-likeness (QED) is 0.768. The van der Waals surface area contributed by atoms with E-state index >= 15 is 0 Å². The molecule has 0 amide bonds. The van der Waals surface area contributed by atoms with Crippen LogP contribution in [-0.2, 0) is 9.84 Å². The van der Waals surface area contributed by atoms with Gasteiger partial charge in [-0.15, -0.1) is 0 Å².